The molecular formula is C27H24F2N4OS. The van der Waals surface area contributed by atoms with E-state index in [0.29, 0.717) is 6.54 Å². The number of thiophene rings is 1. The first kappa shape index (κ1) is 22.0. The maximum Gasteiger partial charge on any atom is 0.323 e. The molecule has 4 aromatic rings. The zero-order valence-corrected chi connectivity index (χ0v) is 20.0. The van der Waals surface area contributed by atoms with E-state index in [1.54, 1.807) is 16.2 Å². The number of rotatable bonds is 2. The Morgan fingerprint density at radius 2 is 1.86 bits per heavy atom. The van der Waals surface area contributed by atoms with Crippen LogP contribution in [0.15, 0.2) is 66.9 Å². The summed E-state index contributed by atoms with van der Waals surface area (Å²) in [7, 11) is 2.12. The van der Waals surface area contributed by atoms with Crippen LogP contribution in [-0.2, 0) is 19.5 Å². The summed E-state index contributed by atoms with van der Waals surface area (Å²) in [4.78, 5) is 19.2. The van der Waals surface area contributed by atoms with Crippen LogP contribution in [-0.4, -0.2) is 34.0 Å². The molecule has 5 nitrogen and oxygen atoms in total. The van der Waals surface area contributed by atoms with E-state index in [4.69, 9.17) is 0 Å². The second kappa shape index (κ2) is 8.62. The van der Waals surface area contributed by atoms with E-state index < -0.39 is 17.7 Å². The van der Waals surface area contributed by atoms with Gasteiger partial charge in [0.1, 0.15) is 16.6 Å². The summed E-state index contributed by atoms with van der Waals surface area (Å²) < 4.78 is 30.1. The normalized spacial score (nSPS) is 17.3. The molecule has 2 amide bonds. The van der Waals surface area contributed by atoms with Gasteiger partial charge in [0.05, 0.1) is 24.0 Å². The fourth-order valence-electron chi connectivity index (χ4n) is 5.12. The topological polar surface area (TPSA) is 40.5 Å². The molecule has 8 heteroatoms. The predicted octanol–water partition coefficient (Wildman–Crippen LogP) is 5.94. The molecule has 4 heterocycles. The molecule has 0 fully saturated rings. The molecule has 1 atom stereocenters. The maximum atomic E-state index is 14.4. The molecule has 0 aliphatic carbocycles. The van der Waals surface area contributed by atoms with Gasteiger partial charge in [-0.15, -0.1) is 11.3 Å². The van der Waals surface area contributed by atoms with Gasteiger partial charge in [0.15, 0.2) is 0 Å². The quantitative estimate of drug-likeness (QED) is 0.378. The van der Waals surface area contributed by atoms with Gasteiger partial charge >= 0.3 is 6.03 Å². The molecular weight excluding hydrogens is 466 g/mol. The Balaban J connectivity index is 1.49. The number of carbonyl (C=O) groups excluding carboxylic acids is 1. The average molecular weight is 491 g/mol. The van der Waals surface area contributed by atoms with E-state index >= 15 is 0 Å². The SMILES string of the molecule is CN1CCc2c(sc3c2CN(C(=O)Nc2ccc(F)cc2F)[C@@H](c2ccccc2)c2cccn2-3)C1. The van der Waals surface area contributed by atoms with Gasteiger partial charge in [0.2, 0.25) is 0 Å². The highest BCUT2D eigenvalue weighted by atomic mass is 32.1. The van der Waals surface area contributed by atoms with Gasteiger partial charge in [-0.05, 0) is 48.9 Å². The van der Waals surface area contributed by atoms with Crippen LogP contribution in [0.2, 0.25) is 0 Å². The van der Waals surface area contributed by atoms with Gasteiger partial charge in [-0.25, -0.2) is 13.6 Å². The summed E-state index contributed by atoms with van der Waals surface area (Å²) in [5.41, 5.74) is 4.34. The third-order valence-electron chi connectivity index (χ3n) is 6.80. The molecule has 0 radical (unpaired) electrons. The van der Waals surface area contributed by atoms with Crippen LogP contribution in [0.3, 0.4) is 0 Å². The number of hydrogen-bond acceptors (Lipinski definition) is 3. The second-order valence-corrected chi connectivity index (χ2v) is 10.2. The summed E-state index contributed by atoms with van der Waals surface area (Å²) in [6, 6.07) is 16.3. The van der Waals surface area contributed by atoms with E-state index in [0.717, 1.165) is 53.5 Å². The summed E-state index contributed by atoms with van der Waals surface area (Å²) in [5.74, 6) is -1.49. The van der Waals surface area contributed by atoms with Crippen LogP contribution >= 0.6 is 11.3 Å². The van der Waals surface area contributed by atoms with Gasteiger partial charge in [-0.3, -0.25) is 0 Å². The molecule has 0 bridgehead atoms. The number of amides is 2. The van der Waals surface area contributed by atoms with Crippen LogP contribution in [0.5, 0.6) is 0 Å². The molecule has 178 valence electrons. The average Bonchev–Trinajstić information content (AvgIpc) is 3.42. The Bertz CT molecular complexity index is 1410. The van der Waals surface area contributed by atoms with Crippen LogP contribution in [0, 0.1) is 11.6 Å². The van der Waals surface area contributed by atoms with Crippen molar-refractivity contribution in [1.82, 2.24) is 14.4 Å². The third-order valence-corrected chi connectivity index (χ3v) is 8.06. The van der Waals surface area contributed by atoms with Crippen LogP contribution < -0.4 is 5.32 Å². The van der Waals surface area contributed by atoms with Crippen molar-refractivity contribution in [2.24, 2.45) is 0 Å². The Kier molecular flexibility index (Phi) is 5.42. The molecule has 6 rings (SSSR count). The minimum absolute atomic E-state index is 0.0444. The molecule has 2 aromatic heterocycles. The number of benzene rings is 2. The van der Waals surface area contributed by atoms with E-state index in [9.17, 15) is 13.6 Å². The minimum atomic E-state index is -0.801. The molecule has 2 aliphatic rings. The van der Waals surface area contributed by atoms with Crippen LogP contribution in [0.25, 0.3) is 5.00 Å². The molecule has 0 saturated heterocycles. The lowest BCUT2D eigenvalue weighted by Crippen LogP contribution is -2.38. The Hall–Kier alpha value is -3.49. The van der Waals surface area contributed by atoms with Crippen molar-refractivity contribution >= 4 is 23.1 Å². The largest absolute Gasteiger partial charge is 0.323 e. The zero-order chi connectivity index (χ0) is 24.1. The Labute approximate surface area is 206 Å². The van der Waals surface area contributed by atoms with Gasteiger partial charge < -0.3 is 19.7 Å². The van der Waals surface area contributed by atoms with E-state index in [1.807, 2.05) is 42.5 Å². The molecule has 0 spiro atoms. The standard InChI is InChI=1S/C27H24F2N4OS/c1-31-13-11-19-20-15-33(27(34)30-22-10-9-18(28)14-21(22)29)25(17-6-3-2-4-7-17)23-8-5-12-32(23)26(20)35-24(19)16-31/h2-10,12,14,25H,11,13,15-16H2,1H3,(H,30,34)/t25-/m0/s1. The maximum absolute atomic E-state index is 14.4. The monoisotopic (exact) mass is 490 g/mol. The lowest BCUT2D eigenvalue weighted by Gasteiger charge is -2.32. The number of halogens is 2. The van der Waals surface area contributed by atoms with Crippen LogP contribution in [0.4, 0.5) is 19.3 Å². The lowest BCUT2D eigenvalue weighted by atomic mass is 10.0. The minimum Gasteiger partial charge on any atom is -0.310 e. The predicted molar refractivity (Wildman–Crippen MR) is 133 cm³/mol. The summed E-state index contributed by atoms with van der Waals surface area (Å²) in [5, 5.41) is 3.83. The number of likely N-dealkylation sites (N-methyl/N-ethyl adjacent to an activating group) is 1. The Morgan fingerprint density at radius 1 is 1.03 bits per heavy atom. The number of fused-ring (bicyclic) bond motifs is 5. The lowest BCUT2D eigenvalue weighted by molar-refractivity contribution is 0.194. The highest BCUT2D eigenvalue weighted by Gasteiger charge is 2.36. The summed E-state index contributed by atoms with van der Waals surface area (Å²) >= 11 is 1.78. The van der Waals surface area contributed by atoms with E-state index in [-0.39, 0.29) is 11.7 Å². The van der Waals surface area contributed by atoms with Crippen molar-refractivity contribution in [1.29, 1.82) is 0 Å². The number of nitrogens with one attached hydrogen (secondary N) is 1. The van der Waals surface area contributed by atoms with Gasteiger partial charge in [-0.1, -0.05) is 30.3 Å². The fraction of sp³-hybridized carbons (Fsp3) is 0.222. The second-order valence-electron chi connectivity index (χ2n) is 9.07. The first-order valence-electron chi connectivity index (χ1n) is 11.6. The van der Waals surface area contributed by atoms with Crippen LogP contribution in [0.1, 0.15) is 33.3 Å². The van der Waals surface area contributed by atoms with Crippen molar-refractivity contribution in [2.75, 3.05) is 18.9 Å². The van der Waals surface area contributed by atoms with Gasteiger partial charge in [0.25, 0.3) is 0 Å². The Morgan fingerprint density at radius 3 is 2.66 bits per heavy atom. The van der Waals surface area contributed by atoms with Crippen molar-refractivity contribution in [2.45, 2.75) is 25.6 Å². The molecule has 0 unspecified atom stereocenters. The van der Waals surface area contributed by atoms with Gasteiger partial charge in [0, 0.05) is 35.8 Å². The zero-order valence-electron chi connectivity index (χ0n) is 19.2. The highest BCUT2D eigenvalue weighted by Crippen LogP contribution is 2.43. The summed E-state index contributed by atoms with van der Waals surface area (Å²) in [6.45, 7) is 2.24. The fourth-order valence-corrected chi connectivity index (χ4v) is 6.56. The van der Waals surface area contributed by atoms with Crippen molar-refractivity contribution < 1.29 is 13.6 Å². The number of nitrogens with zero attached hydrogens (tertiary/aromatic N) is 3. The van der Waals surface area contributed by atoms with E-state index in [1.165, 1.54) is 16.5 Å². The molecule has 2 aromatic carbocycles. The van der Waals surface area contributed by atoms with Crippen molar-refractivity contribution in [3.8, 4) is 5.00 Å². The highest BCUT2D eigenvalue weighted by molar-refractivity contribution is 7.15. The molecule has 35 heavy (non-hydrogen) atoms. The number of carbonyl (C=O) groups is 1. The first-order valence-corrected chi connectivity index (χ1v) is 12.4. The summed E-state index contributed by atoms with van der Waals surface area (Å²) in [6.07, 6.45) is 2.98. The smallest absolute Gasteiger partial charge is 0.310 e. The molecule has 1 N–H and O–H groups in total. The first-order chi connectivity index (χ1) is 17.0. The number of hydrogen-bond donors (Lipinski definition) is 1. The van der Waals surface area contributed by atoms with E-state index in [2.05, 4.69) is 28.0 Å². The third kappa shape index (κ3) is 3.83. The number of urea groups is 1. The molecule has 0 saturated carbocycles. The molecule has 2 aliphatic heterocycles. The van der Waals surface area contributed by atoms with Gasteiger partial charge in [-0.2, -0.15) is 0 Å². The number of aromatic nitrogens is 1. The van der Waals surface area contributed by atoms with Crippen molar-refractivity contribution in [3.05, 3.63) is 106 Å². The van der Waals surface area contributed by atoms with Crippen molar-refractivity contribution in [3.63, 3.8) is 0 Å². The number of anilines is 1.